The minimum atomic E-state index is 0.356. The van der Waals surface area contributed by atoms with Crippen molar-refractivity contribution < 1.29 is 0 Å². The van der Waals surface area contributed by atoms with E-state index in [0.29, 0.717) is 20.4 Å². The van der Waals surface area contributed by atoms with Gasteiger partial charge in [-0.3, -0.25) is 0 Å². The first-order valence-corrected chi connectivity index (χ1v) is 4.59. The SMILES string of the molecule is C[CH2][Mg][CH](C)C. The molecule has 0 saturated carbocycles. The Morgan fingerprint density at radius 3 is 2.00 bits per heavy atom. The van der Waals surface area contributed by atoms with Crippen LogP contribution in [0.25, 0.3) is 0 Å². The summed E-state index contributed by atoms with van der Waals surface area (Å²) in [7, 11) is 0. The van der Waals surface area contributed by atoms with Crippen LogP contribution in [0.3, 0.4) is 0 Å². The van der Waals surface area contributed by atoms with Gasteiger partial charge in [-0.2, -0.15) is 0 Å². The molecule has 0 heterocycles. The minimum absolute atomic E-state index is 0.356. The molecule has 0 aromatic heterocycles. The van der Waals surface area contributed by atoms with E-state index in [9.17, 15) is 0 Å². The fourth-order valence-electron chi connectivity index (χ4n) is 0.577. The number of hydrogen-bond acceptors (Lipinski definition) is 0. The molecule has 1 heteroatoms. The number of rotatable bonds is 2. The molecule has 0 fully saturated rings. The van der Waals surface area contributed by atoms with Crippen molar-refractivity contribution in [1.82, 2.24) is 0 Å². The van der Waals surface area contributed by atoms with E-state index in [1.807, 2.05) is 0 Å². The zero-order chi connectivity index (χ0) is 4.99. The largest absolute Gasteiger partial charge is 0.367 e. The molecule has 0 rings (SSSR count). The monoisotopic (exact) mass is 96.1 g/mol. The van der Waals surface area contributed by atoms with Gasteiger partial charge in [-0.25, -0.2) is 0 Å². The predicted octanol–water partition coefficient (Wildman–Crippen LogP) is 1.96. The fourth-order valence-corrected chi connectivity index (χ4v) is 1.73. The molecule has 34 valence electrons. The minimum Gasteiger partial charge on any atom is -0.148 e. The lowest BCUT2D eigenvalue weighted by Gasteiger charge is -1.92. The molecule has 0 atom stereocenters. The van der Waals surface area contributed by atoms with Gasteiger partial charge < -0.3 is 0 Å². The van der Waals surface area contributed by atoms with Gasteiger partial charge in [-0.15, -0.1) is 8.60 Å². The molecule has 0 aliphatic rings. The van der Waals surface area contributed by atoms with Gasteiger partial charge in [0.1, 0.15) is 0 Å². The quantitative estimate of drug-likeness (QED) is 0.461. The van der Waals surface area contributed by atoms with Gasteiger partial charge in [0.15, 0.2) is 0 Å². The second-order valence-electron chi connectivity index (χ2n) is 2.18. The van der Waals surface area contributed by atoms with Crippen LogP contribution in [-0.4, -0.2) is 20.4 Å². The molecule has 0 saturated heterocycles. The van der Waals surface area contributed by atoms with Crippen LogP contribution in [0.2, 0.25) is 8.60 Å². The van der Waals surface area contributed by atoms with Gasteiger partial charge in [0.2, 0.25) is 0 Å². The average molecular weight is 96.5 g/mol. The normalized spacial score (nSPS) is 8.67. The van der Waals surface area contributed by atoms with E-state index in [-0.39, 0.29) is 0 Å². The molecule has 0 aromatic rings. The Hall–Kier alpha value is 0.766. The summed E-state index contributed by atoms with van der Waals surface area (Å²) in [6.07, 6.45) is 0. The first-order valence-electron chi connectivity index (χ1n) is 2.77. The van der Waals surface area contributed by atoms with Gasteiger partial charge in [0.25, 0.3) is 0 Å². The first-order chi connectivity index (χ1) is 2.77. The Morgan fingerprint density at radius 2 is 2.00 bits per heavy atom. The van der Waals surface area contributed by atoms with Crippen LogP contribution in [0.15, 0.2) is 0 Å². The molecule has 0 aromatic carbocycles. The fraction of sp³-hybridized carbons (Fsp3) is 1.00. The summed E-state index contributed by atoms with van der Waals surface area (Å²) < 4.78 is 2.51. The zero-order valence-corrected chi connectivity index (χ0v) is 6.41. The third-order valence-corrected chi connectivity index (χ3v) is 2.60. The van der Waals surface area contributed by atoms with Gasteiger partial charge in [-0.1, -0.05) is 20.8 Å². The molecule has 0 bridgehead atoms. The second kappa shape index (κ2) is 3.94. The van der Waals surface area contributed by atoms with Gasteiger partial charge in [0.05, 0.1) is 0 Å². The van der Waals surface area contributed by atoms with E-state index in [1.54, 1.807) is 0 Å². The van der Waals surface area contributed by atoms with Crippen LogP contribution in [0.1, 0.15) is 20.8 Å². The maximum absolute atomic E-state index is 2.32. The Morgan fingerprint density at radius 1 is 1.50 bits per heavy atom. The second-order valence-corrected chi connectivity index (χ2v) is 5.39. The van der Waals surface area contributed by atoms with Crippen LogP contribution in [0.4, 0.5) is 0 Å². The maximum Gasteiger partial charge on any atom is 0.367 e. The van der Waals surface area contributed by atoms with Gasteiger partial charge in [0, 0.05) is 0 Å². The van der Waals surface area contributed by atoms with Crippen molar-refractivity contribution in [3.63, 3.8) is 0 Å². The van der Waals surface area contributed by atoms with E-state index >= 15 is 0 Å². The van der Waals surface area contributed by atoms with Crippen molar-refractivity contribution >= 4 is 20.4 Å². The maximum atomic E-state index is 2.32. The van der Waals surface area contributed by atoms with Crippen molar-refractivity contribution in [3.05, 3.63) is 0 Å². The molecule has 0 amide bonds. The lowest BCUT2D eigenvalue weighted by Crippen LogP contribution is -1.89. The molecular formula is C5H12Mg. The van der Waals surface area contributed by atoms with E-state index < -0.39 is 0 Å². The van der Waals surface area contributed by atoms with E-state index in [2.05, 4.69) is 20.8 Å². The molecule has 6 heavy (non-hydrogen) atoms. The lowest BCUT2D eigenvalue weighted by atomic mass is 10.6. The Labute approximate surface area is 50.0 Å². The van der Waals surface area contributed by atoms with Gasteiger partial charge >= 0.3 is 20.4 Å². The molecule has 0 radical (unpaired) electrons. The van der Waals surface area contributed by atoms with E-state index in [0.717, 1.165) is 4.05 Å². The zero-order valence-electron chi connectivity index (χ0n) is 4.99. The van der Waals surface area contributed by atoms with Crippen LogP contribution < -0.4 is 0 Å². The smallest absolute Gasteiger partial charge is 0.148 e. The van der Waals surface area contributed by atoms with Crippen molar-refractivity contribution in [1.29, 1.82) is 0 Å². The van der Waals surface area contributed by atoms with E-state index in [1.165, 1.54) is 4.55 Å². The molecule has 0 aliphatic carbocycles. The lowest BCUT2D eigenvalue weighted by molar-refractivity contribution is 1.05. The summed E-state index contributed by atoms with van der Waals surface area (Å²) in [6.45, 7) is 6.91. The summed E-state index contributed by atoms with van der Waals surface area (Å²) in [5.41, 5.74) is 0. The molecule has 0 N–H and O–H groups in total. The summed E-state index contributed by atoms with van der Waals surface area (Å²) in [6, 6.07) is 0. The molecule has 0 spiro atoms. The molecule has 0 nitrogen and oxygen atoms in total. The molecular weight excluding hydrogens is 84.4 g/mol. The highest BCUT2D eigenvalue weighted by molar-refractivity contribution is 6.36. The summed E-state index contributed by atoms with van der Waals surface area (Å²) in [5, 5.41) is 0. The van der Waals surface area contributed by atoms with E-state index in [4.69, 9.17) is 0 Å². The van der Waals surface area contributed by atoms with Crippen LogP contribution in [0, 0.1) is 0 Å². The summed E-state index contributed by atoms with van der Waals surface area (Å²) in [4.78, 5) is 0. The van der Waals surface area contributed by atoms with Crippen LogP contribution >= 0.6 is 0 Å². The van der Waals surface area contributed by atoms with Crippen molar-refractivity contribution in [2.24, 2.45) is 0 Å². The van der Waals surface area contributed by atoms with Gasteiger partial charge in [-0.05, 0) is 0 Å². The third kappa shape index (κ3) is 4.77. The highest BCUT2D eigenvalue weighted by Gasteiger charge is 1.93. The highest BCUT2D eigenvalue weighted by Crippen LogP contribution is 1.97. The van der Waals surface area contributed by atoms with Crippen molar-refractivity contribution in [3.8, 4) is 0 Å². The van der Waals surface area contributed by atoms with Crippen LogP contribution in [0.5, 0.6) is 0 Å². The van der Waals surface area contributed by atoms with Crippen molar-refractivity contribution in [2.45, 2.75) is 29.4 Å². The topological polar surface area (TPSA) is 0 Å². The summed E-state index contributed by atoms with van der Waals surface area (Å²) in [5.74, 6) is 0. The first kappa shape index (κ1) is 6.77. The standard InChI is InChI=1S/C3H7.C2H5.Mg/c1-3-2;1-2;/h3H,1-2H3;1H2,2H3;. The number of hydrogen-bond donors (Lipinski definition) is 0. The Bertz CT molecular complexity index is 25.1. The molecule has 0 unspecified atom stereocenters. The Balaban J connectivity index is 2.63. The highest BCUT2D eigenvalue weighted by atomic mass is 24.5. The van der Waals surface area contributed by atoms with Crippen molar-refractivity contribution in [2.75, 3.05) is 0 Å². The predicted molar refractivity (Wildman–Crippen MR) is 31.3 cm³/mol. The summed E-state index contributed by atoms with van der Waals surface area (Å²) >= 11 is 0.356. The molecule has 0 aliphatic heterocycles. The Kier molecular flexibility index (Phi) is 4.44. The third-order valence-electron chi connectivity index (χ3n) is 0.866. The van der Waals surface area contributed by atoms with Crippen LogP contribution in [-0.2, 0) is 0 Å². The average Bonchev–Trinajstić information content (AvgIpc) is 1.35.